The van der Waals surface area contributed by atoms with Crippen molar-refractivity contribution in [3.8, 4) is 5.75 Å². The third-order valence-electron chi connectivity index (χ3n) is 7.09. The molecule has 36 heavy (non-hydrogen) atoms. The molecule has 2 heterocycles. The molecular weight excluding hydrogens is 478 g/mol. The van der Waals surface area contributed by atoms with E-state index in [1.165, 1.54) is 19.3 Å². The number of rotatable bonds is 8. The van der Waals surface area contributed by atoms with E-state index in [0.717, 1.165) is 31.6 Å². The topological polar surface area (TPSA) is 108 Å². The Labute approximate surface area is 214 Å². The van der Waals surface area contributed by atoms with Gasteiger partial charge < -0.3 is 20.1 Å². The summed E-state index contributed by atoms with van der Waals surface area (Å²) in [5, 5.41) is 14.1. The Morgan fingerprint density at radius 1 is 1.11 bits per heavy atom. The second-order valence-electron chi connectivity index (χ2n) is 10.2. The van der Waals surface area contributed by atoms with E-state index in [1.54, 1.807) is 56.3 Å². The van der Waals surface area contributed by atoms with Crippen LogP contribution in [0.2, 0.25) is 0 Å². The summed E-state index contributed by atoms with van der Waals surface area (Å²) in [6, 6.07) is 10.6. The molecule has 0 spiro atoms. The fourth-order valence-electron chi connectivity index (χ4n) is 4.82. The van der Waals surface area contributed by atoms with Gasteiger partial charge in [0.2, 0.25) is 10.0 Å². The molecule has 8 nitrogen and oxygen atoms in total. The molecule has 4 rings (SSSR count). The Bertz CT molecular complexity index is 1170. The minimum Gasteiger partial charge on any atom is -0.485 e. The lowest BCUT2D eigenvalue weighted by Crippen LogP contribution is -2.53. The van der Waals surface area contributed by atoms with Crippen molar-refractivity contribution in [3.05, 3.63) is 59.2 Å². The largest absolute Gasteiger partial charge is 0.485 e. The van der Waals surface area contributed by atoms with Crippen LogP contribution >= 0.6 is 0 Å². The highest BCUT2D eigenvalue weighted by atomic mass is 32.2. The third-order valence-corrected chi connectivity index (χ3v) is 8.55. The maximum atomic E-state index is 13.2. The Morgan fingerprint density at radius 2 is 1.81 bits per heavy atom. The van der Waals surface area contributed by atoms with Gasteiger partial charge in [0.15, 0.2) is 0 Å². The van der Waals surface area contributed by atoms with Crippen LogP contribution in [0.4, 0.5) is 0 Å². The summed E-state index contributed by atoms with van der Waals surface area (Å²) in [4.78, 5) is 15.3. The molecule has 3 N–H and O–H groups in total. The molecule has 1 fully saturated rings. The number of aliphatic hydroxyl groups excluding tert-OH is 1. The number of nitrogens with zero attached hydrogens (tertiary/aromatic N) is 1. The van der Waals surface area contributed by atoms with Gasteiger partial charge in [-0.05, 0) is 82.1 Å². The molecule has 1 saturated heterocycles. The van der Waals surface area contributed by atoms with Gasteiger partial charge in [0.25, 0.3) is 5.91 Å². The van der Waals surface area contributed by atoms with E-state index in [9.17, 15) is 18.3 Å². The Hall–Kier alpha value is -2.46. The van der Waals surface area contributed by atoms with E-state index in [-0.39, 0.29) is 10.8 Å². The number of hydrogen-bond donors (Lipinski definition) is 3. The van der Waals surface area contributed by atoms with Crippen molar-refractivity contribution in [1.82, 2.24) is 14.9 Å². The monoisotopic (exact) mass is 515 g/mol. The van der Waals surface area contributed by atoms with Gasteiger partial charge in [0.1, 0.15) is 17.5 Å². The number of likely N-dealkylation sites (tertiary alicyclic amines) is 1. The Balaban J connectivity index is 1.54. The average Bonchev–Trinajstić information content (AvgIpc) is 2.87. The van der Waals surface area contributed by atoms with Crippen molar-refractivity contribution in [2.75, 3.05) is 26.2 Å². The van der Waals surface area contributed by atoms with E-state index < -0.39 is 27.8 Å². The molecule has 2 aromatic carbocycles. The van der Waals surface area contributed by atoms with Crippen molar-refractivity contribution in [2.24, 2.45) is 0 Å². The first kappa shape index (κ1) is 26.6. The number of carbonyl (C=O) groups excluding carboxylic acids is 1. The summed E-state index contributed by atoms with van der Waals surface area (Å²) < 4.78 is 35.1. The fraction of sp³-hybridized carbons (Fsp3) is 0.519. The van der Waals surface area contributed by atoms with Crippen molar-refractivity contribution < 1.29 is 23.1 Å². The minimum atomic E-state index is -3.94. The van der Waals surface area contributed by atoms with Crippen molar-refractivity contribution >= 4 is 15.9 Å². The molecule has 0 aliphatic carbocycles. The summed E-state index contributed by atoms with van der Waals surface area (Å²) in [7, 11) is -3.94. The van der Waals surface area contributed by atoms with E-state index in [4.69, 9.17) is 4.74 Å². The number of amides is 1. The number of aliphatic hydroxyl groups is 1. The van der Waals surface area contributed by atoms with E-state index in [2.05, 4.69) is 14.9 Å². The molecule has 0 aromatic heterocycles. The fourth-order valence-corrected chi connectivity index (χ4v) is 6.04. The van der Waals surface area contributed by atoms with Crippen LogP contribution in [0.3, 0.4) is 0 Å². The summed E-state index contributed by atoms with van der Waals surface area (Å²) >= 11 is 0. The predicted molar refractivity (Wildman–Crippen MR) is 139 cm³/mol. The van der Waals surface area contributed by atoms with Gasteiger partial charge in [-0.1, -0.05) is 25.5 Å². The van der Waals surface area contributed by atoms with Crippen LogP contribution in [0.5, 0.6) is 5.75 Å². The lowest BCUT2D eigenvalue weighted by atomic mass is 9.86. The van der Waals surface area contributed by atoms with Crippen LogP contribution in [0.1, 0.15) is 67.6 Å². The van der Waals surface area contributed by atoms with Gasteiger partial charge >= 0.3 is 0 Å². The van der Waals surface area contributed by atoms with Crippen LogP contribution < -0.4 is 14.8 Å². The number of fused-ring (bicyclic) bond motifs is 1. The van der Waals surface area contributed by atoms with Crippen molar-refractivity contribution in [3.63, 3.8) is 0 Å². The first-order chi connectivity index (χ1) is 17.1. The number of sulfonamides is 1. The molecule has 0 unspecified atom stereocenters. The Kier molecular flexibility index (Phi) is 8.04. The van der Waals surface area contributed by atoms with Gasteiger partial charge in [0.05, 0.1) is 10.9 Å². The zero-order valence-corrected chi connectivity index (χ0v) is 22.1. The maximum Gasteiger partial charge on any atom is 0.251 e. The van der Waals surface area contributed by atoms with Crippen molar-refractivity contribution in [1.29, 1.82) is 0 Å². The highest BCUT2D eigenvalue weighted by Gasteiger charge is 2.44. The van der Waals surface area contributed by atoms with Crippen LogP contribution in [-0.4, -0.2) is 62.2 Å². The minimum absolute atomic E-state index is 0.115. The number of benzene rings is 2. The summed E-state index contributed by atoms with van der Waals surface area (Å²) in [5.41, 5.74) is 0.811. The number of carbonyl (C=O) groups is 1. The highest BCUT2D eigenvalue weighted by Crippen LogP contribution is 2.41. The zero-order valence-electron chi connectivity index (χ0n) is 21.3. The highest BCUT2D eigenvalue weighted by molar-refractivity contribution is 7.89. The predicted octanol–water partition coefficient (Wildman–Crippen LogP) is 3.02. The molecule has 2 aliphatic rings. The van der Waals surface area contributed by atoms with E-state index >= 15 is 0 Å². The van der Waals surface area contributed by atoms with Gasteiger partial charge in [0, 0.05) is 24.2 Å². The normalized spacial score (nSPS) is 21.9. The molecule has 0 radical (unpaired) electrons. The van der Waals surface area contributed by atoms with Crippen LogP contribution in [0, 0.1) is 0 Å². The van der Waals surface area contributed by atoms with Gasteiger partial charge in [-0.25, -0.2) is 13.1 Å². The lowest BCUT2D eigenvalue weighted by Gasteiger charge is -2.42. The molecular formula is C27H37N3O5S. The van der Waals surface area contributed by atoms with Gasteiger partial charge in [-0.15, -0.1) is 0 Å². The summed E-state index contributed by atoms with van der Waals surface area (Å²) in [5.74, 6) is 0.190. The second-order valence-corrected chi connectivity index (χ2v) is 11.9. The summed E-state index contributed by atoms with van der Waals surface area (Å²) in [6.07, 6.45) is 3.27. The number of aryl methyl sites for hydroxylation is 1. The first-order valence-electron chi connectivity index (χ1n) is 12.7. The van der Waals surface area contributed by atoms with Gasteiger partial charge in [-0.3, -0.25) is 4.79 Å². The lowest BCUT2D eigenvalue weighted by molar-refractivity contribution is -0.0603. The number of piperidine rings is 1. The number of ether oxygens (including phenoxy) is 1. The molecule has 0 bridgehead atoms. The summed E-state index contributed by atoms with van der Waals surface area (Å²) in [6.45, 7) is 8.86. The smallest absolute Gasteiger partial charge is 0.251 e. The Morgan fingerprint density at radius 3 is 2.47 bits per heavy atom. The molecule has 0 saturated carbocycles. The van der Waals surface area contributed by atoms with Crippen LogP contribution in [0.15, 0.2) is 47.4 Å². The maximum absolute atomic E-state index is 13.2. The second kappa shape index (κ2) is 10.9. The third kappa shape index (κ3) is 5.91. The SMILES string of the molecule is CCc1ccc(S(=O)(=O)N[C@@H]2c3cc(C(=O)NCCN4CCCCC4)ccc3OC(C)(C)[C@H]2O)cc1. The molecule has 2 atom stereocenters. The standard InChI is InChI=1S/C27H37N3O5S/c1-4-19-8-11-21(12-9-19)36(33,34)29-24-22-18-20(10-13-23(22)35-27(2,3)25(24)31)26(32)28-14-17-30-15-6-5-7-16-30/h8-13,18,24-25,29,31H,4-7,14-17H2,1-3H3,(H,28,32)/t24-,25+/m1/s1. The number of hydrogen-bond acceptors (Lipinski definition) is 6. The van der Waals surface area contributed by atoms with E-state index in [0.29, 0.717) is 23.4 Å². The number of nitrogens with one attached hydrogen (secondary N) is 2. The van der Waals surface area contributed by atoms with E-state index in [1.807, 2.05) is 6.92 Å². The van der Waals surface area contributed by atoms with Crippen LogP contribution in [-0.2, 0) is 16.4 Å². The molecule has 2 aromatic rings. The first-order valence-corrected chi connectivity index (χ1v) is 14.2. The molecule has 196 valence electrons. The van der Waals surface area contributed by atoms with Gasteiger partial charge in [-0.2, -0.15) is 0 Å². The zero-order chi connectivity index (χ0) is 25.9. The molecule has 1 amide bonds. The molecule has 2 aliphatic heterocycles. The average molecular weight is 516 g/mol. The van der Waals surface area contributed by atoms with Crippen LogP contribution in [0.25, 0.3) is 0 Å². The van der Waals surface area contributed by atoms with Crippen molar-refractivity contribution in [2.45, 2.75) is 69.1 Å². The quantitative estimate of drug-likeness (QED) is 0.499. The molecule has 9 heteroatoms.